The number of nitrogens with one attached hydrogen (secondary N) is 1. The van der Waals surface area contributed by atoms with Crippen LogP contribution < -0.4 is 10.1 Å². The lowest BCUT2D eigenvalue weighted by Crippen LogP contribution is -2.19. The van der Waals surface area contributed by atoms with Gasteiger partial charge in [0.1, 0.15) is 0 Å². The van der Waals surface area contributed by atoms with E-state index in [9.17, 15) is 9.90 Å². The fraction of sp³-hybridized carbons (Fsp3) is 0.200. The van der Waals surface area contributed by atoms with Crippen molar-refractivity contribution in [2.75, 3.05) is 6.61 Å². The number of aromatic hydroxyl groups is 1. The normalized spacial score (nSPS) is 16.8. The van der Waals surface area contributed by atoms with Crippen LogP contribution in [0, 0.1) is 0 Å². The van der Waals surface area contributed by atoms with Gasteiger partial charge in [-0.1, -0.05) is 19.1 Å². The number of ether oxygens (including phenoxy) is 1. The molecule has 1 saturated heterocycles. The zero-order valence-electron chi connectivity index (χ0n) is 15.0. The van der Waals surface area contributed by atoms with Crippen LogP contribution >= 0.6 is 27.7 Å². The van der Waals surface area contributed by atoms with Gasteiger partial charge in [0, 0.05) is 0 Å². The summed E-state index contributed by atoms with van der Waals surface area (Å²) in [5, 5.41) is 13.3. The molecular weight excluding hydrogens is 428 g/mol. The Hall–Kier alpha value is -2.25. The van der Waals surface area contributed by atoms with Crippen LogP contribution in [0.5, 0.6) is 11.5 Å². The van der Waals surface area contributed by atoms with Crippen molar-refractivity contribution in [2.24, 2.45) is 4.99 Å². The molecule has 2 aromatic rings. The highest BCUT2D eigenvalue weighted by molar-refractivity contribution is 9.10. The molecule has 0 radical (unpaired) electrons. The van der Waals surface area contributed by atoms with Crippen molar-refractivity contribution in [3.8, 4) is 11.5 Å². The van der Waals surface area contributed by atoms with Crippen LogP contribution in [0.15, 0.2) is 50.8 Å². The van der Waals surface area contributed by atoms with Gasteiger partial charge in [-0.05, 0) is 82.5 Å². The third-order valence-electron chi connectivity index (χ3n) is 3.87. The molecule has 7 heteroatoms. The number of benzene rings is 2. The van der Waals surface area contributed by atoms with Gasteiger partial charge in [0.05, 0.1) is 21.7 Å². The Morgan fingerprint density at radius 3 is 2.67 bits per heavy atom. The number of rotatable bonds is 5. The van der Waals surface area contributed by atoms with Crippen LogP contribution in [0.1, 0.15) is 25.0 Å². The van der Waals surface area contributed by atoms with Gasteiger partial charge in [0.15, 0.2) is 16.7 Å². The number of hydrogen-bond donors (Lipinski definition) is 2. The van der Waals surface area contributed by atoms with Gasteiger partial charge in [0.25, 0.3) is 5.91 Å². The maximum Gasteiger partial charge on any atom is 0.264 e. The smallest absolute Gasteiger partial charge is 0.264 e. The van der Waals surface area contributed by atoms with Crippen molar-refractivity contribution >= 4 is 50.5 Å². The van der Waals surface area contributed by atoms with E-state index in [2.05, 4.69) is 33.2 Å². The van der Waals surface area contributed by atoms with Crippen LogP contribution in [0.3, 0.4) is 0 Å². The molecule has 0 spiro atoms. The lowest BCUT2D eigenvalue weighted by Gasteiger charge is -2.08. The van der Waals surface area contributed by atoms with E-state index in [-0.39, 0.29) is 11.7 Å². The minimum Gasteiger partial charge on any atom is -0.503 e. The summed E-state index contributed by atoms with van der Waals surface area (Å²) in [6.45, 7) is 4.38. The second-order valence-corrected chi connectivity index (χ2v) is 7.67. The number of amides is 1. The molecule has 0 bridgehead atoms. The van der Waals surface area contributed by atoms with Crippen molar-refractivity contribution in [3.63, 3.8) is 0 Å². The number of carbonyl (C=O) groups excluding carboxylic acids is 1. The number of halogens is 1. The number of aliphatic imine (C=N–C) groups is 1. The van der Waals surface area contributed by atoms with Gasteiger partial charge in [-0.3, -0.25) is 4.79 Å². The number of thioether (sulfide) groups is 1. The number of hydrogen-bond acceptors (Lipinski definition) is 5. The molecule has 0 aliphatic carbocycles. The number of phenols is 1. The molecule has 27 heavy (non-hydrogen) atoms. The molecule has 0 saturated carbocycles. The third-order valence-corrected chi connectivity index (χ3v) is 5.39. The van der Waals surface area contributed by atoms with Crippen molar-refractivity contribution in [2.45, 2.75) is 20.3 Å². The van der Waals surface area contributed by atoms with Crippen molar-refractivity contribution in [3.05, 3.63) is 56.9 Å². The van der Waals surface area contributed by atoms with E-state index < -0.39 is 0 Å². The number of phenolic OH excluding ortho intramolecular Hbond substituents is 1. The number of aryl methyl sites for hydroxylation is 1. The standard InChI is InChI=1S/C20H19BrN2O3S/c1-3-12-5-7-14(8-6-12)22-20-23-19(25)17(27-20)11-13-9-15(21)18(24)16(10-13)26-4-2/h5-11,24H,3-4H2,1-2H3,(H,22,23,25)/b17-11-. The molecule has 1 heterocycles. The van der Waals surface area contributed by atoms with Crippen molar-refractivity contribution in [1.82, 2.24) is 5.32 Å². The predicted molar refractivity (Wildman–Crippen MR) is 114 cm³/mol. The maximum atomic E-state index is 12.3. The molecule has 1 aliphatic rings. The Morgan fingerprint density at radius 2 is 2.00 bits per heavy atom. The van der Waals surface area contributed by atoms with E-state index in [1.165, 1.54) is 17.3 Å². The van der Waals surface area contributed by atoms with Gasteiger partial charge in [-0.2, -0.15) is 0 Å². The molecule has 1 aliphatic heterocycles. The first kappa shape index (κ1) is 19.5. The predicted octanol–water partition coefficient (Wildman–Crippen LogP) is 5.01. The molecule has 0 atom stereocenters. The quantitative estimate of drug-likeness (QED) is 0.633. The second-order valence-electron chi connectivity index (χ2n) is 5.78. The Balaban J connectivity index is 1.83. The van der Waals surface area contributed by atoms with Crippen LogP contribution in [0.2, 0.25) is 0 Å². The second kappa shape index (κ2) is 8.63. The first-order chi connectivity index (χ1) is 13.0. The van der Waals surface area contributed by atoms with Gasteiger partial charge < -0.3 is 15.2 Å². The summed E-state index contributed by atoms with van der Waals surface area (Å²) in [6, 6.07) is 11.4. The Labute approximate surface area is 170 Å². The molecular formula is C20H19BrN2O3S. The molecule has 1 amide bonds. The summed E-state index contributed by atoms with van der Waals surface area (Å²) in [6.07, 6.45) is 2.72. The molecule has 3 rings (SSSR count). The SMILES string of the molecule is CCOc1cc(/C=C2\SC(=Nc3ccc(CC)cc3)NC2=O)cc(Br)c1O. The van der Waals surface area contributed by atoms with Crippen LogP contribution in [0.4, 0.5) is 5.69 Å². The largest absolute Gasteiger partial charge is 0.503 e. The van der Waals surface area contributed by atoms with E-state index >= 15 is 0 Å². The highest BCUT2D eigenvalue weighted by atomic mass is 79.9. The van der Waals surface area contributed by atoms with E-state index in [4.69, 9.17) is 4.74 Å². The van der Waals surface area contributed by atoms with Crippen LogP contribution in [-0.4, -0.2) is 22.8 Å². The highest BCUT2D eigenvalue weighted by Crippen LogP contribution is 2.37. The fourth-order valence-electron chi connectivity index (χ4n) is 2.50. The first-order valence-corrected chi connectivity index (χ1v) is 10.1. The zero-order chi connectivity index (χ0) is 19.4. The Bertz CT molecular complexity index is 924. The lowest BCUT2D eigenvalue weighted by molar-refractivity contribution is -0.115. The molecule has 0 aromatic heterocycles. The molecule has 140 valence electrons. The summed E-state index contributed by atoms with van der Waals surface area (Å²) in [5.41, 5.74) is 2.78. The topological polar surface area (TPSA) is 70.9 Å². The lowest BCUT2D eigenvalue weighted by atomic mass is 10.2. The van der Waals surface area contributed by atoms with E-state index in [0.29, 0.717) is 26.9 Å². The molecule has 0 unspecified atom stereocenters. The maximum absolute atomic E-state index is 12.3. The third kappa shape index (κ3) is 4.73. The van der Waals surface area contributed by atoms with Gasteiger partial charge in [0.2, 0.25) is 0 Å². The average Bonchev–Trinajstić information content (AvgIpc) is 2.99. The molecule has 2 aromatic carbocycles. The van der Waals surface area contributed by atoms with Crippen molar-refractivity contribution in [1.29, 1.82) is 0 Å². The summed E-state index contributed by atoms with van der Waals surface area (Å²) in [5.74, 6) is 0.207. The van der Waals surface area contributed by atoms with E-state index in [1.54, 1.807) is 18.2 Å². The summed E-state index contributed by atoms with van der Waals surface area (Å²) >= 11 is 4.59. The number of amidine groups is 1. The van der Waals surface area contributed by atoms with Gasteiger partial charge in [-0.15, -0.1) is 0 Å². The molecule has 1 fully saturated rings. The number of carbonyl (C=O) groups is 1. The van der Waals surface area contributed by atoms with Crippen LogP contribution in [0.25, 0.3) is 6.08 Å². The Morgan fingerprint density at radius 1 is 1.26 bits per heavy atom. The summed E-state index contributed by atoms with van der Waals surface area (Å²) < 4.78 is 5.94. The minimum atomic E-state index is -0.203. The van der Waals surface area contributed by atoms with Crippen LogP contribution in [-0.2, 0) is 11.2 Å². The molecule has 2 N–H and O–H groups in total. The van der Waals surface area contributed by atoms with E-state index in [1.807, 2.05) is 31.2 Å². The first-order valence-electron chi connectivity index (χ1n) is 8.54. The molecule has 5 nitrogen and oxygen atoms in total. The summed E-state index contributed by atoms with van der Waals surface area (Å²) in [7, 11) is 0. The fourth-order valence-corrected chi connectivity index (χ4v) is 3.80. The monoisotopic (exact) mass is 446 g/mol. The van der Waals surface area contributed by atoms with Crippen molar-refractivity contribution < 1.29 is 14.6 Å². The highest BCUT2D eigenvalue weighted by Gasteiger charge is 2.24. The average molecular weight is 447 g/mol. The summed E-state index contributed by atoms with van der Waals surface area (Å²) in [4.78, 5) is 17.3. The number of nitrogens with zero attached hydrogens (tertiary/aromatic N) is 1. The van der Waals surface area contributed by atoms with Gasteiger partial charge >= 0.3 is 0 Å². The minimum absolute atomic E-state index is 0.0419. The Kier molecular flexibility index (Phi) is 6.23. The van der Waals surface area contributed by atoms with Gasteiger partial charge in [-0.25, -0.2) is 4.99 Å². The zero-order valence-corrected chi connectivity index (χ0v) is 17.4. The van der Waals surface area contributed by atoms with E-state index in [0.717, 1.165) is 17.7 Å².